The molecule has 1 amide bonds. The van der Waals surface area contributed by atoms with Crippen LogP contribution in [0.5, 0.6) is 0 Å². The summed E-state index contributed by atoms with van der Waals surface area (Å²) in [5, 5.41) is 3.27. The normalized spacial score (nSPS) is 11.3. The zero-order chi connectivity index (χ0) is 25.0. The first kappa shape index (κ1) is 24.5. The Kier molecular flexibility index (Phi) is 7.23. The van der Waals surface area contributed by atoms with Crippen LogP contribution in [0.25, 0.3) is 11.1 Å². The van der Waals surface area contributed by atoms with Crippen LogP contribution in [0.3, 0.4) is 0 Å². The SMILES string of the molecule is CCS(=O)(=O)c1ccc(CC(=O)Nc2cc(-c3cccc(F)c3)c(C(=O)c3ccccc3)s2)cc1. The summed E-state index contributed by atoms with van der Waals surface area (Å²) in [6.07, 6.45) is 0.0294. The first-order chi connectivity index (χ1) is 16.8. The largest absolute Gasteiger partial charge is 0.317 e. The number of thiophene rings is 1. The maximum absolute atomic E-state index is 13.9. The van der Waals surface area contributed by atoms with E-state index in [9.17, 15) is 22.4 Å². The Morgan fingerprint density at radius 1 is 0.914 bits per heavy atom. The zero-order valence-electron chi connectivity index (χ0n) is 18.8. The van der Waals surface area contributed by atoms with Crippen LogP contribution in [0.15, 0.2) is 89.8 Å². The second-order valence-electron chi connectivity index (χ2n) is 7.83. The lowest BCUT2D eigenvalue weighted by molar-refractivity contribution is -0.115. The second-order valence-corrected chi connectivity index (χ2v) is 11.2. The van der Waals surface area contributed by atoms with E-state index in [1.165, 1.54) is 24.3 Å². The fraction of sp³-hybridized carbons (Fsp3) is 0.111. The molecule has 4 rings (SSSR count). The van der Waals surface area contributed by atoms with Crippen LogP contribution >= 0.6 is 11.3 Å². The highest BCUT2D eigenvalue weighted by atomic mass is 32.2. The van der Waals surface area contributed by atoms with Crippen molar-refractivity contribution < 1.29 is 22.4 Å². The average Bonchev–Trinajstić information content (AvgIpc) is 3.28. The summed E-state index contributed by atoms with van der Waals surface area (Å²) in [6, 6.07) is 22.6. The van der Waals surface area contributed by atoms with Crippen LogP contribution in [-0.2, 0) is 21.1 Å². The van der Waals surface area contributed by atoms with Crippen molar-refractivity contribution >= 4 is 37.9 Å². The van der Waals surface area contributed by atoms with Crippen molar-refractivity contribution in [2.24, 2.45) is 0 Å². The summed E-state index contributed by atoms with van der Waals surface area (Å²) in [4.78, 5) is 26.5. The molecule has 0 fully saturated rings. The zero-order valence-corrected chi connectivity index (χ0v) is 20.5. The Morgan fingerprint density at radius 2 is 1.63 bits per heavy atom. The minimum absolute atomic E-state index is 0.00287. The molecule has 0 unspecified atom stereocenters. The number of carbonyl (C=O) groups excluding carboxylic acids is 2. The van der Waals surface area contributed by atoms with E-state index in [-0.39, 0.29) is 28.8 Å². The highest BCUT2D eigenvalue weighted by molar-refractivity contribution is 7.91. The van der Waals surface area contributed by atoms with Crippen molar-refractivity contribution in [1.82, 2.24) is 0 Å². The quantitative estimate of drug-likeness (QED) is 0.308. The number of sulfone groups is 1. The first-order valence-electron chi connectivity index (χ1n) is 10.9. The van der Waals surface area contributed by atoms with Crippen LogP contribution < -0.4 is 5.32 Å². The van der Waals surface area contributed by atoms with Crippen LogP contribution in [0.4, 0.5) is 9.39 Å². The fourth-order valence-corrected chi connectivity index (χ4v) is 5.50. The molecule has 5 nitrogen and oxygen atoms in total. The van der Waals surface area contributed by atoms with Gasteiger partial charge in [0.15, 0.2) is 9.84 Å². The molecule has 0 radical (unpaired) electrons. The lowest BCUT2D eigenvalue weighted by atomic mass is 10.0. The predicted octanol–water partition coefficient (Wildman–Crippen LogP) is 5.76. The summed E-state index contributed by atoms with van der Waals surface area (Å²) >= 11 is 1.13. The van der Waals surface area contributed by atoms with E-state index in [2.05, 4.69) is 5.32 Å². The van der Waals surface area contributed by atoms with E-state index in [1.807, 2.05) is 6.07 Å². The van der Waals surface area contributed by atoms with Gasteiger partial charge in [-0.3, -0.25) is 9.59 Å². The van der Waals surface area contributed by atoms with Gasteiger partial charge in [-0.2, -0.15) is 0 Å². The summed E-state index contributed by atoms with van der Waals surface area (Å²) in [6.45, 7) is 1.58. The molecule has 0 aliphatic heterocycles. The molecule has 35 heavy (non-hydrogen) atoms. The Labute approximate surface area is 207 Å². The van der Waals surface area contributed by atoms with Gasteiger partial charge in [-0.05, 0) is 41.5 Å². The van der Waals surface area contributed by atoms with Crippen molar-refractivity contribution in [3.05, 3.63) is 107 Å². The van der Waals surface area contributed by atoms with E-state index in [1.54, 1.807) is 61.5 Å². The number of halogens is 1. The highest BCUT2D eigenvalue weighted by Crippen LogP contribution is 2.36. The average molecular weight is 508 g/mol. The van der Waals surface area contributed by atoms with Crippen molar-refractivity contribution in [3.63, 3.8) is 0 Å². The number of ketones is 1. The molecule has 0 aliphatic carbocycles. The highest BCUT2D eigenvalue weighted by Gasteiger charge is 2.20. The van der Waals surface area contributed by atoms with Gasteiger partial charge in [0.25, 0.3) is 0 Å². The minimum atomic E-state index is -3.31. The van der Waals surface area contributed by atoms with Gasteiger partial charge in [0.1, 0.15) is 5.82 Å². The number of carbonyl (C=O) groups is 2. The Bertz CT molecular complexity index is 1480. The maximum atomic E-state index is 13.9. The van der Waals surface area contributed by atoms with Crippen LogP contribution in [-0.4, -0.2) is 25.9 Å². The van der Waals surface area contributed by atoms with Crippen molar-refractivity contribution in [2.45, 2.75) is 18.2 Å². The van der Waals surface area contributed by atoms with E-state index in [4.69, 9.17) is 0 Å². The molecule has 0 aliphatic rings. The summed E-state index contributed by atoms with van der Waals surface area (Å²) in [7, 11) is -3.31. The monoisotopic (exact) mass is 507 g/mol. The Hall–Kier alpha value is -3.62. The third-order valence-electron chi connectivity index (χ3n) is 5.40. The molecule has 0 saturated heterocycles. The molecule has 1 aromatic heterocycles. The molecule has 1 heterocycles. The standard InChI is InChI=1S/C27H22FNO4S2/c1-2-35(32,33)22-13-11-18(12-14-22)15-24(30)29-25-17-23(20-9-6-10-21(28)16-20)27(34-25)26(31)19-7-4-3-5-8-19/h3-14,16-17H,2,15H2,1H3,(H,29,30). The first-order valence-corrected chi connectivity index (χ1v) is 13.3. The third kappa shape index (κ3) is 5.72. The molecule has 8 heteroatoms. The van der Waals surface area contributed by atoms with Crippen molar-refractivity contribution in [3.8, 4) is 11.1 Å². The number of nitrogens with one attached hydrogen (secondary N) is 1. The van der Waals surface area contributed by atoms with Gasteiger partial charge >= 0.3 is 0 Å². The van der Waals surface area contributed by atoms with Gasteiger partial charge in [0, 0.05) is 11.1 Å². The number of benzene rings is 3. The van der Waals surface area contributed by atoms with Gasteiger partial charge in [0.2, 0.25) is 11.7 Å². The van der Waals surface area contributed by atoms with Crippen LogP contribution in [0.1, 0.15) is 27.7 Å². The number of amides is 1. The van der Waals surface area contributed by atoms with Gasteiger partial charge < -0.3 is 5.32 Å². The number of hydrogen-bond donors (Lipinski definition) is 1. The third-order valence-corrected chi connectivity index (χ3v) is 8.20. The topological polar surface area (TPSA) is 80.3 Å². The Morgan fingerprint density at radius 3 is 2.29 bits per heavy atom. The summed E-state index contributed by atoms with van der Waals surface area (Å²) in [5.41, 5.74) is 2.22. The van der Waals surface area contributed by atoms with E-state index >= 15 is 0 Å². The molecule has 3 aromatic carbocycles. The van der Waals surface area contributed by atoms with Crippen LogP contribution in [0, 0.1) is 5.82 Å². The van der Waals surface area contributed by atoms with E-state index < -0.39 is 15.7 Å². The van der Waals surface area contributed by atoms with Gasteiger partial charge in [-0.25, -0.2) is 12.8 Å². The molecule has 4 aromatic rings. The van der Waals surface area contributed by atoms with Gasteiger partial charge in [0.05, 0.1) is 26.9 Å². The second kappa shape index (κ2) is 10.3. The molecule has 0 saturated carbocycles. The number of hydrogen-bond acceptors (Lipinski definition) is 5. The molecule has 1 N–H and O–H groups in total. The smallest absolute Gasteiger partial charge is 0.229 e. The van der Waals surface area contributed by atoms with Crippen molar-refractivity contribution in [2.75, 3.05) is 11.1 Å². The van der Waals surface area contributed by atoms with Crippen LogP contribution in [0.2, 0.25) is 0 Å². The van der Waals surface area contributed by atoms with Crippen molar-refractivity contribution in [1.29, 1.82) is 0 Å². The molecule has 0 spiro atoms. The summed E-state index contributed by atoms with van der Waals surface area (Å²) < 4.78 is 37.9. The number of anilines is 1. The molecule has 0 atom stereocenters. The predicted molar refractivity (Wildman–Crippen MR) is 136 cm³/mol. The molecule has 0 bridgehead atoms. The molecular weight excluding hydrogens is 485 g/mol. The van der Waals surface area contributed by atoms with E-state index in [0.717, 1.165) is 11.3 Å². The lowest BCUT2D eigenvalue weighted by Gasteiger charge is -2.05. The Balaban J connectivity index is 1.59. The van der Waals surface area contributed by atoms with Gasteiger partial charge in [-0.1, -0.05) is 61.5 Å². The number of rotatable bonds is 8. The summed E-state index contributed by atoms with van der Waals surface area (Å²) in [5.74, 6) is -0.959. The minimum Gasteiger partial charge on any atom is -0.317 e. The maximum Gasteiger partial charge on any atom is 0.229 e. The fourth-order valence-electron chi connectivity index (χ4n) is 3.56. The lowest BCUT2D eigenvalue weighted by Crippen LogP contribution is -2.13. The molecular formula is C27H22FNO4S2. The van der Waals surface area contributed by atoms with Gasteiger partial charge in [-0.15, -0.1) is 11.3 Å². The molecule has 178 valence electrons. The van der Waals surface area contributed by atoms with E-state index in [0.29, 0.717) is 32.1 Å².